The Morgan fingerprint density at radius 3 is 2.38 bits per heavy atom. The van der Waals surface area contributed by atoms with Gasteiger partial charge in [-0.2, -0.15) is 0 Å². The summed E-state index contributed by atoms with van der Waals surface area (Å²) in [6, 6.07) is 18.1. The molecule has 1 heterocycles. The smallest absolute Gasteiger partial charge is 0.221 e. The van der Waals surface area contributed by atoms with E-state index >= 15 is 0 Å². The van der Waals surface area contributed by atoms with Gasteiger partial charge in [0.05, 0.1) is 11.4 Å². The molecule has 0 fully saturated rings. The number of hydrogen-bond acceptors (Lipinski definition) is 3. The third-order valence-corrected chi connectivity index (χ3v) is 4.67. The number of nitrogens with one attached hydrogen (secondary N) is 1. The first-order chi connectivity index (χ1) is 11.5. The second-order valence-electron chi connectivity index (χ2n) is 5.62. The van der Waals surface area contributed by atoms with E-state index in [1.54, 1.807) is 0 Å². The SMILES string of the molecule is CC(=O)Nc1sc(=Nc2ccccc2)n(C)c1-c1ccc(C)cc1. The third kappa shape index (κ3) is 3.46. The fourth-order valence-electron chi connectivity index (χ4n) is 2.45. The molecular formula is C19H19N3OS. The fraction of sp³-hybridized carbons (Fsp3) is 0.158. The average Bonchev–Trinajstić information content (AvgIpc) is 2.84. The number of carbonyl (C=O) groups excluding carboxylic acids is 1. The quantitative estimate of drug-likeness (QED) is 0.763. The highest BCUT2D eigenvalue weighted by Gasteiger charge is 2.14. The Morgan fingerprint density at radius 2 is 1.75 bits per heavy atom. The molecule has 0 atom stereocenters. The Hall–Kier alpha value is -2.66. The van der Waals surface area contributed by atoms with Crippen molar-refractivity contribution in [3.05, 3.63) is 65.0 Å². The van der Waals surface area contributed by atoms with Crippen LogP contribution in [0.3, 0.4) is 0 Å². The summed E-state index contributed by atoms with van der Waals surface area (Å²) >= 11 is 1.47. The van der Waals surface area contributed by atoms with E-state index < -0.39 is 0 Å². The Morgan fingerprint density at radius 1 is 1.08 bits per heavy atom. The van der Waals surface area contributed by atoms with Gasteiger partial charge in [-0.1, -0.05) is 59.4 Å². The number of para-hydroxylation sites is 1. The van der Waals surface area contributed by atoms with Crippen molar-refractivity contribution in [2.45, 2.75) is 13.8 Å². The van der Waals surface area contributed by atoms with Gasteiger partial charge in [0.25, 0.3) is 0 Å². The summed E-state index contributed by atoms with van der Waals surface area (Å²) in [5, 5.41) is 3.74. The van der Waals surface area contributed by atoms with Gasteiger partial charge in [-0.25, -0.2) is 4.99 Å². The maximum absolute atomic E-state index is 11.6. The number of hydrogen-bond donors (Lipinski definition) is 1. The molecule has 3 rings (SSSR count). The summed E-state index contributed by atoms with van der Waals surface area (Å²) in [6.07, 6.45) is 0. The Labute approximate surface area is 145 Å². The molecule has 0 bridgehead atoms. The van der Waals surface area contributed by atoms with Crippen LogP contribution in [0.1, 0.15) is 12.5 Å². The minimum Gasteiger partial charge on any atom is -0.318 e. The van der Waals surface area contributed by atoms with Gasteiger partial charge in [0, 0.05) is 19.5 Å². The molecule has 0 aliphatic heterocycles. The van der Waals surface area contributed by atoms with Crippen LogP contribution >= 0.6 is 11.3 Å². The molecule has 1 aromatic heterocycles. The lowest BCUT2D eigenvalue weighted by atomic mass is 10.1. The first kappa shape index (κ1) is 16.2. The van der Waals surface area contributed by atoms with Crippen LogP contribution < -0.4 is 10.1 Å². The summed E-state index contributed by atoms with van der Waals surface area (Å²) in [7, 11) is 1.97. The molecule has 0 aliphatic rings. The molecule has 1 N–H and O–H groups in total. The van der Waals surface area contributed by atoms with Gasteiger partial charge in [0.1, 0.15) is 5.00 Å². The molecular weight excluding hydrogens is 318 g/mol. The minimum atomic E-state index is -0.0866. The van der Waals surface area contributed by atoms with E-state index in [1.165, 1.54) is 23.8 Å². The van der Waals surface area contributed by atoms with E-state index in [-0.39, 0.29) is 5.91 Å². The summed E-state index contributed by atoms with van der Waals surface area (Å²) in [5.74, 6) is -0.0866. The number of thiazole rings is 1. The number of aromatic nitrogens is 1. The predicted octanol–water partition coefficient (Wildman–Crippen LogP) is 4.25. The van der Waals surface area contributed by atoms with Crippen LogP contribution in [0.15, 0.2) is 59.6 Å². The van der Waals surface area contributed by atoms with Crippen molar-refractivity contribution in [2.24, 2.45) is 12.0 Å². The van der Waals surface area contributed by atoms with Crippen LogP contribution in [-0.2, 0) is 11.8 Å². The molecule has 122 valence electrons. The van der Waals surface area contributed by atoms with Gasteiger partial charge in [-0.15, -0.1) is 0 Å². The zero-order valence-corrected chi connectivity index (χ0v) is 14.7. The van der Waals surface area contributed by atoms with Crippen LogP contribution in [-0.4, -0.2) is 10.5 Å². The lowest BCUT2D eigenvalue weighted by molar-refractivity contribution is -0.114. The highest BCUT2D eigenvalue weighted by atomic mass is 32.1. The maximum atomic E-state index is 11.6. The van der Waals surface area contributed by atoms with Crippen molar-refractivity contribution in [2.75, 3.05) is 5.32 Å². The first-order valence-electron chi connectivity index (χ1n) is 7.69. The van der Waals surface area contributed by atoms with Crippen LogP contribution in [0.4, 0.5) is 10.7 Å². The molecule has 0 saturated heterocycles. The molecule has 1 amide bonds. The first-order valence-corrected chi connectivity index (χ1v) is 8.50. The normalized spacial score (nSPS) is 11.5. The molecule has 0 saturated carbocycles. The minimum absolute atomic E-state index is 0.0866. The molecule has 24 heavy (non-hydrogen) atoms. The third-order valence-electron chi connectivity index (χ3n) is 3.63. The number of rotatable bonds is 3. The van der Waals surface area contributed by atoms with Gasteiger partial charge >= 0.3 is 0 Å². The van der Waals surface area contributed by atoms with E-state index in [1.807, 2.05) is 41.9 Å². The van der Waals surface area contributed by atoms with Crippen molar-refractivity contribution >= 4 is 27.9 Å². The number of nitrogens with zero attached hydrogens (tertiary/aromatic N) is 2. The molecule has 5 heteroatoms. The highest BCUT2D eigenvalue weighted by Crippen LogP contribution is 2.30. The zero-order chi connectivity index (χ0) is 17.1. The van der Waals surface area contributed by atoms with E-state index in [9.17, 15) is 4.79 Å². The molecule has 0 aliphatic carbocycles. The van der Waals surface area contributed by atoms with Gasteiger partial charge in [-0.3, -0.25) is 4.79 Å². The van der Waals surface area contributed by atoms with E-state index in [2.05, 4.69) is 36.5 Å². The van der Waals surface area contributed by atoms with Gasteiger partial charge < -0.3 is 9.88 Å². The summed E-state index contributed by atoms with van der Waals surface area (Å²) in [6.45, 7) is 3.58. The largest absolute Gasteiger partial charge is 0.318 e. The number of carbonyl (C=O) groups is 1. The Bertz CT molecular complexity index is 921. The second kappa shape index (κ2) is 6.84. The zero-order valence-electron chi connectivity index (χ0n) is 13.9. The van der Waals surface area contributed by atoms with E-state index in [0.29, 0.717) is 0 Å². The standard InChI is InChI=1S/C19H19N3OS/c1-13-9-11-15(12-10-13)17-18(20-14(2)23)24-19(22(17)3)21-16-7-5-4-6-8-16/h4-12H,1-3H3,(H,20,23). The van der Waals surface area contributed by atoms with Crippen molar-refractivity contribution in [3.8, 4) is 11.3 Å². The second-order valence-corrected chi connectivity index (χ2v) is 6.59. The van der Waals surface area contributed by atoms with Crippen molar-refractivity contribution in [1.29, 1.82) is 0 Å². The average molecular weight is 337 g/mol. The molecule has 0 spiro atoms. The molecule has 2 aromatic carbocycles. The van der Waals surface area contributed by atoms with Crippen LogP contribution in [0.2, 0.25) is 0 Å². The summed E-state index contributed by atoms with van der Waals surface area (Å²) in [4.78, 5) is 17.1. The number of aryl methyl sites for hydroxylation is 1. The number of amides is 1. The fourth-order valence-corrected chi connectivity index (χ4v) is 3.56. The van der Waals surface area contributed by atoms with Crippen molar-refractivity contribution in [1.82, 2.24) is 4.57 Å². The topological polar surface area (TPSA) is 46.4 Å². The van der Waals surface area contributed by atoms with E-state index in [4.69, 9.17) is 4.99 Å². The lowest BCUT2D eigenvalue weighted by Gasteiger charge is -2.07. The van der Waals surface area contributed by atoms with Crippen LogP contribution in [0.5, 0.6) is 0 Å². The van der Waals surface area contributed by atoms with Crippen LogP contribution in [0.25, 0.3) is 11.3 Å². The summed E-state index contributed by atoms with van der Waals surface area (Å²) in [5.41, 5.74) is 4.11. The van der Waals surface area contributed by atoms with Gasteiger partial charge in [0.2, 0.25) is 5.91 Å². The molecule has 0 unspecified atom stereocenters. The van der Waals surface area contributed by atoms with Crippen molar-refractivity contribution < 1.29 is 4.79 Å². The Balaban J connectivity index is 2.18. The molecule has 3 aromatic rings. The Kier molecular flexibility index (Phi) is 4.62. The van der Waals surface area contributed by atoms with Crippen LogP contribution in [0, 0.1) is 6.92 Å². The van der Waals surface area contributed by atoms with Crippen molar-refractivity contribution in [3.63, 3.8) is 0 Å². The van der Waals surface area contributed by atoms with E-state index in [0.717, 1.165) is 26.7 Å². The molecule has 4 nitrogen and oxygen atoms in total. The summed E-state index contributed by atoms with van der Waals surface area (Å²) < 4.78 is 2.02. The lowest BCUT2D eigenvalue weighted by Crippen LogP contribution is -2.11. The molecule has 0 radical (unpaired) electrons. The predicted molar refractivity (Wildman–Crippen MR) is 99.4 cm³/mol. The highest BCUT2D eigenvalue weighted by molar-refractivity contribution is 7.14. The number of benzene rings is 2. The van der Waals surface area contributed by atoms with Gasteiger partial charge in [-0.05, 0) is 19.1 Å². The number of anilines is 1. The van der Waals surface area contributed by atoms with Gasteiger partial charge in [0.15, 0.2) is 4.80 Å². The monoisotopic (exact) mass is 337 g/mol. The maximum Gasteiger partial charge on any atom is 0.221 e.